The maximum atomic E-state index is 10.5. The lowest BCUT2D eigenvalue weighted by atomic mass is 10.3. The topological polar surface area (TPSA) is 82.1 Å². The number of aromatic nitrogens is 3. The van der Waals surface area contributed by atoms with Gasteiger partial charge in [0.25, 0.3) is 0 Å². The summed E-state index contributed by atoms with van der Waals surface area (Å²) in [6.45, 7) is 0.470. The Balaban J connectivity index is 2.84. The molecule has 0 aromatic carbocycles. The summed E-state index contributed by atoms with van der Waals surface area (Å²) in [4.78, 5) is 12.3. The monoisotopic (exact) mass is 170 g/mol. The molecule has 0 atom stereocenters. The van der Waals surface area contributed by atoms with Gasteiger partial charge in [0.2, 0.25) is 0 Å². The van der Waals surface area contributed by atoms with E-state index in [4.69, 9.17) is 5.11 Å². The first-order valence-corrected chi connectivity index (χ1v) is 3.39. The second-order valence-corrected chi connectivity index (χ2v) is 2.66. The third kappa shape index (κ3) is 1.79. The van der Waals surface area contributed by atoms with Crippen molar-refractivity contribution in [2.24, 2.45) is 0 Å². The van der Waals surface area contributed by atoms with Crippen LogP contribution in [0.2, 0.25) is 0 Å². The van der Waals surface area contributed by atoms with E-state index >= 15 is 0 Å². The van der Waals surface area contributed by atoms with Crippen molar-refractivity contribution < 1.29 is 9.90 Å². The molecule has 0 aliphatic rings. The minimum absolute atomic E-state index is 0.0105. The number of nitrogens with one attached hydrogen (secondary N) is 1. The van der Waals surface area contributed by atoms with Crippen LogP contribution in [0.4, 0.5) is 0 Å². The lowest BCUT2D eigenvalue weighted by Gasteiger charge is -2.05. The van der Waals surface area contributed by atoms with E-state index in [1.54, 1.807) is 0 Å². The molecule has 1 aromatic heterocycles. The summed E-state index contributed by atoms with van der Waals surface area (Å²) in [7, 11) is 3.67. The summed E-state index contributed by atoms with van der Waals surface area (Å²) in [6.07, 6.45) is 0. The molecule has 0 amide bonds. The molecule has 0 radical (unpaired) electrons. The Labute approximate surface area is 69.2 Å². The fourth-order valence-corrected chi connectivity index (χ4v) is 0.834. The van der Waals surface area contributed by atoms with Crippen LogP contribution in [0, 0.1) is 0 Å². The molecule has 6 heteroatoms. The molecule has 0 saturated heterocycles. The number of hydrogen-bond donors (Lipinski definition) is 2. The van der Waals surface area contributed by atoms with Gasteiger partial charge in [0, 0.05) is 6.54 Å². The van der Waals surface area contributed by atoms with E-state index < -0.39 is 5.97 Å². The van der Waals surface area contributed by atoms with Crippen LogP contribution in [-0.4, -0.2) is 45.5 Å². The van der Waals surface area contributed by atoms with Gasteiger partial charge in [-0.15, -0.1) is 5.10 Å². The number of aromatic carboxylic acids is 1. The molecule has 0 spiro atoms. The molecular formula is C6H10N4O2. The van der Waals surface area contributed by atoms with E-state index in [0.717, 1.165) is 0 Å². The Hall–Kier alpha value is -1.43. The molecule has 12 heavy (non-hydrogen) atoms. The van der Waals surface area contributed by atoms with Gasteiger partial charge in [-0.25, -0.2) is 4.79 Å². The number of carboxylic acid groups (broad SMARTS) is 1. The fourth-order valence-electron chi connectivity index (χ4n) is 0.834. The van der Waals surface area contributed by atoms with Crippen molar-refractivity contribution in [1.82, 2.24) is 20.3 Å². The molecule has 6 nitrogen and oxygen atoms in total. The van der Waals surface area contributed by atoms with Crippen molar-refractivity contribution >= 4 is 5.97 Å². The largest absolute Gasteiger partial charge is 0.476 e. The molecule has 0 aliphatic carbocycles. The zero-order valence-corrected chi connectivity index (χ0v) is 6.90. The zero-order valence-electron chi connectivity index (χ0n) is 6.90. The van der Waals surface area contributed by atoms with Gasteiger partial charge in [0.15, 0.2) is 5.69 Å². The van der Waals surface area contributed by atoms with E-state index in [2.05, 4.69) is 15.4 Å². The Morgan fingerprint density at radius 1 is 1.58 bits per heavy atom. The van der Waals surface area contributed by atoms with Gasteiger partial charge in [0.05, 0.1) is 0 Å². The van der Waals surface area contributed by atoms with E-state index in [1.165, 1.54) is 0 Å². The van der Waals surface area contributed by atoms with Gasteiger partial charge >= 0.3 is 5.97 Å². The first-order chi connectivity index (χ1) is 5.61. The Bertz CT molecular complexity index is 281. The van der Waals surface area contributed by atoms with Crippen molar-refractivity contribution in [3.8, 4) is 0 Å². The average molecular weight is 170 g/mol. The number of carboxylic acids is 1. The van der Waals surface area contributed by atoms with Crippen LogP contribution in [-0.2, 0) is 6.54 Å². The Morgan fingerprint density at radius 3 is 2.75 bits per heavy atom. The second kappa shape index (κ2) is 3.31. The van der Waals surface area contributed by atoms with Crippen LogP contribution in [0.1, 0.15) is 16.2 Å². The molecule has 1 rings (SSSR count). The molecule has 2 N–H and O–H groups in total. The molecule has 0 fully saturated rings. The molecule has 66 valence electrons. The van der Waals surface area contributed by atoms with Crippen molar-refractivity contribution in [3.05, 3.63) is 11.4 Å². The highest BCUT2D eigenvalue weighted by atomic mass is 16.4. The van der Waals surface area contributed by atoms with Gasteiger partial charge < -0.3 is 10.0 Å². The molecule has 0 saturated carbocycles. The predicted molar refractivity (Wildman–Crippen MR) is 40.7 cm³/mol. The number of H-pyrrole nitrogens is 1. The smallest absolute Gasteiger partial charge is 0.358 e. The number of rotatable bonds is 3. The van der Waals surface area contributed by atoms with Crippen molar-refractivity contribution in [3.63, 3.8) is 0 Å². The molecule has 0 bridgehead atoms. The zero-order chi connectivity index (χ0) is 9.14. The summed E-state index contributed by atoms with van der Waals surface area (Å²) in [5, 5.41) is 18.1. The van der Waals surface area contributed by atoms with Crippen molar-refractivity contribution in [2.45, 2.75) is 6.54 Å². The van der Waals surface area contributed by atoms with Crippen LogP contribution in [0.3, 0.4) is 0 Å². The lowest BCUT2D eigenvalue weighted by Crippen LogP contribution is -2.14. The van der Waals surface area contributed by atoms with E-state index in [9.17, 15) is 4.79 Å². The van der Waals surface area contributed by atoms with Gasteiger partial charge in [0.1, 0.15) is 5.69 Å². The summed E-state index contributed by atoms with van der Waals surface area (Å²) in [6, 6.07) is 0. The summed E-state index contributed by atoms with van der Waals surface area (Å²) < 4.78 is 0. The highest BCUT2D eigenvalue weighted by Gasteiger charge is 2.14. The fraction of sp³-hybridized carbons (Fsp3) is 0.500. The Kier molecular flexibility index (Phi) is 2.39. The molecular weight excluding hydrogens is 160 g/mol. The van der Waals surface area contributed by atoms with Gasteiger partial charge in [-0.05, 0) is 14.1 Å². The van der Waals surface area contributed by atoms with E-state index in [1.807, 2.05) is 19.0 Å². The van der Waals surface area contributed by atoms with Gasteiger partial charge in [-0.2, -0.15) is 10.3 Å². The average Bonchev–Trinajstić information content (AvgIpc) is 2.33. The number of carbonyl (C=O) groups is 1. The second-order valence-electron chi connectivity index (χ2n) is 2.66. The molecule has 0 aliphatic heterocycles. The third-order valence-corrected chi connectivity index (χ3v) is 1.29. The standard InChI is InChI=1S/C6H10N4O2/c1-10(2)3-4-5(6(11)12)8-9-7-4/h3H2,1-2H3,(H,11,12)(H,7,8,9). The van der Waals surface area contributed by atoms with Crippen LogP contribution in [0.5, 0.6) is 0 Å². The normalized spacial score (nSPS) is 10.6. The minimum Gasteiger partial charge on any atom is -0.476 e. The molecule has 0 unspecified atom stereocenters. The first-order valence-electron chi connectivity index (χ1n) is 3.39. The highest BCUT2D eigenvalue weighted by molar-refractivity contribution is 5.86. The summed E-state index contributed by atoms with van der Waals surface area (Å²) >= 11 is 0. The van der Waals surface area contributed by atoms with Crippen LogP contribution in [0.25, 0.3) is 0 Å². The van der Waals surface area contributed by atoms with Gasteiger partial charge in [-0.1, -0.05) is 0 Å². The SMILES string of the molecule is CN(C)Cc1n[nH]nc1C(=O)O. The summed E-state index contributed by atoms with van der Waals surface area (Å²) in [5.74, 6) is -1.06. The molecule has 1 heterocycles. The maximum absolute atomic E-state index is 10.5. The maximum Gasteiger partial charge on any atom is 0.358 e. The van der Waals surface area contributed by atoms with Gasteiger partial charge in [-0.3, -0.25) is 0 Å². The molecule has 1 aromatic rings. The van der Waals surface area contributed by atoms with Crippen LogP contribution < -0.4 is 0 Å². The van der Waals surface area contributed by atoms with E-state index in [0.29, 0.717) is 12.2 Å². The van der Waals surface area contributed by atoms with Crippen molar-refractivity contribution in [2.75, 3.05) is 14.1 Å². The number of hydrogen-bond acceptors (Lipinski definition) is 4. The van der Waals surface area contributed by atoms with Crippen molar-refractivity contribution in [1.29, 1.82) is 0 Å². The minimum atomic E-state index is -1.06. The number of aromatic amines is 1. The summed E-state index contributed by atoms with van der Waals surface area (Å²) in [5.41, 5.74) is 0.441. The quantitative estimate of drug-likeness (QED) is 0.642. The first kappa shape index (κ1) is 8.66. The van der Waals surface area contributed by atoms with E-state index in [-0.39, 0.29) is 5.69 Å². The predicted octanol–water partition coefficient (Wildman–Crippen LogP) is -0.436. The van der Waals surface area contributed by atoms with Crippen LogP contribution >= 0.6 is 0 Å². The lowest BCUT2D eigenvalue weighted by molar-refractivity contribution is 0.0688. The third-order valence-electron chi connectivity index (χ3n) is 1.29. The number of nitrogens with zero attached hydrogens (tertiary/aromatic N) is 3. The highest BCUT2D eigenvalue weighted by Crippen LogP contribution is 2.02. The Morgan fingerprint density at radius 2 is 2.25 bits per heavy atom. The van der Waals surface area contributed by atoms with Crippen LogP contribution in [0.15, 0.2) is 0 Å².